The zero-order valence-electron chi connectivity index (χ0n) is 9.63. The summed E-state index contributed by atoms with van der Waals surface area (Å²) in [5, 5.41) is 3.38. The van der Waals surface area contributed by atoms with Crippen LogP contribution in [0.15, 0.2) is 38.6 Å². The lowest BCUT2D eigenvalue weighted by molar-refractivity contribution is 0.699. The highest BCUT2D eigenvalue weighted by molar-refractivity contribution is 9.11. The van der Waals surface area contributed by atoms with Gasteiger partial charge in [0.05, 0.1) is 9.83 Å². The van der Waals surface area contributed by atoms with E-state index in [-0.39, 0.29) is 6.04 Å². The van der Waals surface area contributed by atoms with Gasteiger partial charge in [-0.25, -0.2) is 0 Å². The third-order valence-corrected chi connectivity index (χ3v) is 5.34. The van der Waals surface area contributed by atoms with Gasteiger partial charge in [-0.1, -0.05) is 28.1 Å². The minimum absolute atomic E-state index is 0.254. The van der Waals surface area contributed by atoms with E-state index < -0.39 is 0 Å². The van der Waals surface area contributed by atoms with Crippen molar-refractivity contribution in [2.75, 3.05) is 7.05 Å². The molecule has 2 rings (SSSR count). The van der Waals surface area contributed by atoms with Crippen LogP contribution in [0.25, 0.3) is 0 Å². The molecule has 0 aliphatic carbocycles. The van der Waals surface area contributed by atoms with Gasteiger partial charge in [-0.2, -0.15) is 0 Å². The normalized spacial score (nSPS) is 12.7. The Bertz CT molecular complexity index is 522. The van der Waals surface area contributed by atoms with Gasteiger partial charge in [0.1, 0.15) is 0 Å². The standard InChI is InChI=1S/C13H13Br2NS/c1-8-9(4-3-5-10(8)14)13(16-2)11-6-7-12(15)17-11/h3-7,13,16H,1-2H3. The van der Waals surface area contributed by atoms with E-state index in [2.05, 4.69) is 74.4 Å². The van der Waals surface area contributed by atoms with E-state index in [4.69, 9.17) is 0 Å². The molecule has 0 aliphatic rings. The number of hydrogen-bond donors (Lipinski definition) is 1. The Kier molecular flexibility index (Phi) is 4.42. The van der Waals surface area contributed by atoms with Gasteiger partial charge in [0.25, 0.3) is 0 Å². The zero-order chi connectivity index (χ0) is 12.4. The number of nitrogens with one attached hydrogen (secondary N) is 1. The molecule has 0 amide bonds. The van der Waals surface area contributed by atoms with Gasteiger partial charge in [0.15, 0.2) is 0 Å². The maximum atomic E-state index is 3.59. The van der Waals surface area contributed by atoms with Crippen LogP contribution in [0.1, 0.15) is 22.0 Å². The van der Waals surface area contributed by atoms with E-state index in [1.807, 2.05) is 7.05 Å². The van der Waals surface area contributed by atoms with Gasteiger partial charge in [-0.15, -0.1) is 11.3 Å². The third kappa shape index (κ3) is 2.81. The van der Waals surface area contributed by atoms with Crippen LogP contribution in [0, 0.1) is 6.92 Å². The molecule has 1 aromatic carbocycles. The molecule has 0 saturated carbocycles. The second-order valence-electron chi connectivity index (χ2n) is 3.82. The molecule has 0 spiro atoms. The number of thiophene rings is 1. The molecule has 1 unspecified atom stereocenters. The van der Waals surface area contributed by atoms with Crippen LogP contribution < -0.4 is 5.32 Å². The summed E-state index contributed by atoms with van der Waals surface area (Å²) in [6.45, 7) is 2.15. The molecule has 1 heterocycles. The fourth-order valence-corrected chi connectivity index (χ4v) is 3.81. The molecule has 4 heteroatoms. The molecular weight excluding hydrogens is 362 g/mol. The summed E-state index contributed by atoms with van der Waals surface area (Å²) in [5.74, 6) is 0. The highest BCUT2D eigenvalue weighted by atomic mass is 79.9. The first-order chi connectivity index (χ1) is 8.13. The Balaban J connectivity index is 2.45. The van der Waals surface area contributed by atoms with Gasteiger partial charge in [-0.05, 0) is 59.2 Å². The summed E-state index contributed by atoms with van der Waals surface area (Å²) in [6.07, 6.45) is 0. The van der Waals surface area contributed by atoms with Crippen molar-refractivity contribution in [2.45, 2.75) is 13.0 Å². The van der Waals surface area contributed by atoms with E-state index in [9.17, 15) is 0 Å². The van der Waals surface area contributed by atoms with Crippen LogP contribution >= 0.6 is 43.2 Å². The first-order valence-corrected chi connectivity index (χ1v) is 7.71. The number of benzene rings is 1. The Morgan fingerprint density at radius 3 is 2.53 bits per heavy atom. The second kappa shape index (κ2) is 5.65. The molecule has 0 fully saturated rings. The lowest BCUT2D eigenvalue weighted by atomic mass is 10.0. The van der Waals surface area contributed by atoms with Crippen LogP contribution in [0.5, 0.6) is 0 Å². The monoisotopic (exact) mass is 373 g/mol. The number of rotatable bonds is 3. The molecule has 1 N–H and O–H groups in total. The first kappa shape index (κ1) is 13.3. The number of halogens is 2. The Morgan fingerprint density at radius 1 is 1.18 bits per heavy atom. The van der Waals surface area contributed by atoms with Crippen molar-refractivity contribution in [3.05, 3.63) is 54.6 Å². The summed E-state index contributed by atoms with van der Waals surface area (Å²) >= 11 is 8.87. The Labute approximate surface area is 123 Å². The molecule has 0 bridgehead atoms. The molecule has 0 saturated heterocycles. The largest absolute Gasteiger partial charge is 0.309 e. The van der Waals surface area contributed by atoms with Crippen LogP contribution in [-0.2, 0) is 0 Å². The molecule has 0 aliphatic heterocycles. The lowest BCUT2D eigenvalue weighted by Gasteiger charge is -2.18. The molecule has 2 aromatic rings. The van der Waals surface area contributed by atoms with Crippen molar-refractivity contribution in [1.82, 2.24) is 5.32 Å². The molecule has 17 heavy (non-hydrogen) atoms. The van der Waals surface area contributed by atoms with E-state index in [1.54, 1.807) is 11.3 Å². The molecule has 1 nitrogen and oxygen atoms in total. The van der Waals surface area contributed by atoms with Gasteiger partial charge >= 0.3 is 0 Å². The maximum Gasteiger partial charge on any atom is 0.0702 e. The Morgan fingerprint density at radius 2 is 1.94 bits per heavy atom. The molecule has 0 radical (unpaired) electrons. The third-order valence-electron chi connectivity index (χ3n) is 2.79. The summed E-state index contributed by atoms with van der Waals surface area (Å²) in [4.78, 5) is 1.32. The van der Waals surface area contributed by atoms with Crippen molar-refractivity contribution in [2.24, 2.45) is 0 Å². The van der Waals surface area contributed by atoms with Crippen molar-refractivity contribution in [3.8, 4) is 0 Å². The van der Waals surface area contributed by atoms with Crippen LogP contribution in [-0.4, -0.2) is 7.05 Å². The van der Waals surface area contributed by atoms with Crippen molar-refractivity contribution in [3.63, 3.8) is 0 Å². The number of hydrogen-bond acceptors (Lipinski definition) is 2. The second-order valence-corrected chi connectivity index (χ2v) is 7.17. The van der Waals surface area contributed by atoms with Gasteiger partial charge in [0.2, 0.25) is 0 Å². The van der Waals surface area contributed by atoms with Crippen LogP contribution in [0.4, 0.5) is 0 Å². The minimum atomic E-state index is 0.254. The van der Waals surface area contributed by atoms with Crippen LogP contribution in [0.2, 0.25) is 0 Å². The summed E-state index contributed by atoms with van der Waals surface area (Å²) in [6, 6.07) is 10.8. The average molecular weight is 375 g/mol. The van der Waals surface area contributed by atoms with Gasteiger partial charge in [0, 0.05) is 9.35 Å². The van der Waals surface area contributed by atoms with Crippen LogP contribution in [0.3, 0.4) is 0 Å². The van der Waals surface area contributed by atoms with E-state index in [0.29, 0.717) is 0 Å². The predicted octanol–water partition coefficient (Wildman–Crippen LogP) is 4.89. The van der Waals surface area contributed by atoms with E-state index in [1.165, 1.54) is 19.8 Å². The highest BCUT2D eigenvalue weighted by Gasteiger charge is 2.16. The van der Waals surface area contributed by atoms with Gasteiger partial charge in [-0.3, -0.25) is 0 Å². The molecule has 1 aromatic heterocycles. The van der Waals surface area contributed by atoms with Gasteiger partial charge < -0.3 is 5.32 Å². The molecular formula is C13H13Br2NS. The lowest BCUT2D eigenvalue weighted by Crippen LogP contribution is -2.17. The molecule has 1 atom stereocenters. The quantitative estimate of drug-likeness (QED) is 0.806. The SMILES string of the molecule is CNC(c1ccc(Br)s1)c1cccc(Br)c1C. The highest BCUT2D eigenvalue weighted by Crippen LogP contribution is 2.34. The molecule has 90 valence electrons. The maximum absolute atomic E-state index is 3.59. The average Bonchev–Trinajstić information content (AvgIpc) is 2.72. The fraction of sp³-hybridized carbons (Fsp3) is 0.231. The summed E-state index contributed by atoms with van der Waals surface area (Å²) in [5.41, 5.74) is 2.60. The summed E-state index contributed by atoms with van der Waals surface area (Å²) in [7, 11) is 2.00. The van der Waals surface area contributed by atoms with Crippen molar-refractivity contribution >= 4 is 43.2 Å². The topological polar surface area (TPSA) is 12.0 Å². The zero-order valence-corrected chi connectivity index (χ0v) is 13.6. The minimum Gasteiger partial charge on any atom is -0.309 e. The smallest absolute Gasteiger partial charge is 0.0702 e. The van der Waals surface area contributed by atoms with Crippen molar-refractivity contribution in [1.29, 1.82) is 0 Å². The fourth-order valence-electron chi connectivity index (χ4n) is 1.87. The van der Waals surface area contributed by atoms with E-state index in [0.717, 1.165) is 4.47 Å². The Hall–Kier alpha value is -0.160. The summed E-state index contributed by atoms with van der Waals surface area (Å²) < 4.78 is 2.33. The van der Waals surface area contributed by atoms with Crippen molar-refractivity contribution < 1.29 is 0 Å². The van der Waals surface area contributed by atoms with E-state index >= 15 is 0 Å². The first-order valence-electron chi connectivity index (χ1n) is 5.31. The predicted molar refractivity (Wildman–Crippen MR) is 81.8 cm³/mol.